The zero-order valence-corrected chi connectivity index (χ0v) is 10.4. The summed E-state index contributed by atoms with van der Waals surface area (Å²) in [5.74, 6) is 0. The summed E-state index contributed by atoms with van der Waals surface area (Å²) in [5.41, 5.74) is 0. The predicted molar refractivity (Wildman–Crippen MR) is 17.3 cm³/mol. The van der Waals surface area contributed by atoms with Crippen LogP contribution < -0.4 is 0 Å². The molecule has 0 aromatic heterocycles. The predicted octanol–water partition coefficient (Wildman–Crippen LogP) is -1.14. The third-order valence-electron chi connectivity index (χ3n) is 0. The first kappa shape index (κ1) is 32.2. The van der Waals surface area contributed by atoms with E-state index in [0.29, 0.717) is 0 Å². The van der Waals surface area contributed by atoms with Gasteiger partial charge in [-0.25, -0.2) is 0 Å². The minimum absolute atomic E-state index is 0. The Hall–Kier alpha value is 2.42. The summed E-state index contributed by atoms with van der Waals surface area (Å²) in [6, 6.07) is 0. The summed E-state index contributed by atoms with van der Waals surface area (Å²) >= 11 is 0. The molecule has 0 N–H and O–H groups in total. The summed E-state index contributed by atoms with van der Waals surface area (Å²) in [7, 11) is 0. The van der Waals surface area contributed by atoms with Crippen molar-refractivity contribution in [3.8, 4) is 0 Å². The SMILES string of the molecule is [Co].[Ga].[Ga].[Ga]. The third-order valence-corrected chi connectivity index (χ3v) is 0. The second kappa shape index (κ2) is 18.1. The largest absolute Gasteiger partial charge is 0 e. The molecule has 0 atom stereocenters. The second-order valence-corrected chi connectivity index (χ2v) is 0. The van der Waals surface area contributed by atoms with Gasteiger partial charge in [0.2, 0.25) is 0 Å². The Morgan fingerprint density at radius 2 is 0.500 bits per heavy atom. The maximum absolute atomic E-state index is 0. The van der Waals surface area contributed by atoms with Gasteiger partial charge in [-0.2, -0.15) is 0 Å². The van der Waals surface area contributed by atoms with Crippen LogP contribution in [0.15, 0.2) is 0 Å². The van der Waals surface area contributed by atoms with Crippen molar-refractivity contribution in [2.75, 3.05) is 0 Å². The van der Waals surface area contributed by atoms with E-state index < -0.39 is 0 Å². The molecule has 0 saturated heterocycles. The van der Waals surface area contributed by atoms with E-state index in [1.165, 1.54) is 0 Å². The Balaban J connectivity index is 0. The van der Waals surface area contributed by atoms with Gasteiger partial charge in [0.25, 0.3) is 0 Å². The van der Waals surface area contributed by atoms with Crippen molar-refractivity contribution in [1.29, 1.82) is 0 Å². The van der Waals surface area contributed by atoms with Crippen LogP contribution in [0.25, 0.3) is 0 Å². The van der Waals surface area contributed by atoms with Crippen LogP contribution in [0.2, 0.25) is 0 Å². The summed E-state index contributed by atoms with van der Waals surface area (Å²) in [5, 5.41) is 0. The molecule has 0 fully saturated rings. The van der Waals surface area contributed by atoms with Gasteiger partial charge >= 0.3 is 0 Å². The van der Waals surface area contributed by atoms with Gasteiger partial charge in [0.15, 0.2) is 0 Å². The topological polar surface area (TPSA) is 0 Å². The van der Waals surface area contributed by atoms with Crippen LogP contribution >= 0.6 is 0 Å². The van der Waals surface area contributed by atoms with Crippen LogP contribution in [0.1, 0.15) is 0 Å². The van der Waals surface area contributed by atoms with E-state index in [0.717, 1.165) is 0 Å². The molecule has 0 saturated carbocycles. The Bertz CT molecular complexity index is 3.25. The Morgan fingerprint density at radius 1 is 0.500 bits per heavy atom. The molecular weight excluding hydrogens is 268 g/mol. The Labute approximate surface area is 75.2 Å². The molecule has 0 bridgehead atoms. The summed E-state index contributed by atoms with van der Waals surface area (Å²) in [4.78, 5) is 0. The van der Waals surface area contributed by atoms with Crippen molar-refractivity contribution in [2.24, 2.45) is 0 Å². The molecule has 10 radical (unpaired) electrons. The van der Waals surface area contributed by atoms with Gasteiger partial charge in [-0.3, -0.25) is 0 Å². The fourth-order valence-electron chi connectivity index (χ4n) is 0. The summed E-state index contributed by atoms with van der Waals surface area (Å²) in [6.45, 7) is 0. The summed E-state index contributed by atoms with van der Waals surface area (Å²) < 4.78 is 0. The van der Waals surface area contributed by atoms with E-state index in [1.807, 2.05) is 0 Å². The van der Waals surface area contributed by atoms with Crippen molar-refractivity contribution < 1.29 is 16.8 Å². The molecule has 4 heteroatoms. The van der Waals surface area contributed by atoms with Crippen molar-refractivity contribution in [1.82, 2.24) is 0 Å². The number of rotatable bonds is 0. The first-order chi connectivity index (χ1) is 0. The molecule has 18 valence electrons. The van der Waals surface area contributed by atoms with Crippen LogP contribution in [0.3, 0.4) is 0 Å². The van der Waals surface area contributed by atoms with E-state index >= 15 is 0 Å². The van der Waals surface area contributed by atoms with E-state index in [4.69, 9.17) is 0 Å². The molecular formula is CoGa3. The zero-order valence-electron chi connectivity index (χ0n) is 2.07. The quantitative estimate of drug-likeness (QED) is 0.487. The van der Waals surface area contributed by atoms with Crippen LogP contribution in [0.4, 0.5) is 0 Å². The normalized spacial score (nSPS) is 0. The van der Waals surface area contributed by atoms with Gasteiger partial charge in [-0.1, -0.05) is 0 Å². The van der Waals surface area contributed by atoms with Gasteiger partial charge in [0, 0.05) is 76.2 Å². The standard InChI is InChI=1S/Co.3Ga. The first-order valence-electron chi connectivity index (χ1n) is 0. The van der Waals surface area contributed by atoms with E-state index in [9.17, 15) is 0 Å². The van der Waals surface area contributed by atoms with E-state index in [2.05, 4.69) is 0 Å². The molecule has 0 heterocycles. The van der Waals surface area contributed by atoms with Gasteiger partial charge in [0.1, 0.15) is 0 Å². The van der Waals surface area contributed by atoms with Gasteiger partial charge in [0.05, 0.1) is 0 Å². The second-order valence-electron chi connectivity index (χ2n) is 0. The van der Waals surface area contributed by atoms with E-state index in [1.54, 1.807) is 0 Å². The molecule has 0 aliphatic rings. The van der Waals surface area contributed by atoms with E-state index in [-0.39, 0.29) is 76.2 Å². The van der Waals surface area contributed by atoms with Crippen molar-refractivity contribution in [2.45, 2.75) is 0 Å². The monoisotopic (exact) mass is 266 g/mol. The third kappa shape index (κ3) is 8.83. The van der Waals surface area contributed by atoms with Crippen molar-refractivity contribution >= 4 is 59.4 Å². The molecule has 4 heavy (non-hydrogen) atoms. The van der Waals surface area contributed by atoms with Crippen molar-refractivity contribution in [3.63, 3.8) is 0 Å². The van der Waals surface area contributed by atoms with Gasteiger partial charge < -0.3 is 0 Å². The van der Waals surface area contributed by atoms with Crippen LogP contribution in [-0.2, 0) is 16.8 Å². The Morgan fingerprint density at radius 3 is 0.500 bits per heavy atom. The van der Waals surface area contributed by atoms with Crippen LogP contribution in [0.5, 0.6) is 0 Å². The van der Waals surface area contributed by atoms with Gasteiger partial charge in [-0.05, 0) is 0 Å². The summed E-state index contributed by atoms with van der Waals surface area (Å²) in [6.07, 6.45) is 0. The first-order valence-corrected chi connectivity index (χ1v) is 0. The molecule has 0 spiro atoms. The molecule has 0 aliphatic heterocycles. The molecule has 0 aromatic rings. The Kier molecular flexibility index (Phi) is 146. The number of hydrogen-bond acceptors (Lipinski definition) is 0. The average molecular weight is 268 g/mol. The smallest absolute Gasteiger partial charge is 0 e. The molecule has 0 aromatic carbocycles. The van der Waals surface area contributed by atoms with Crippen LogP contribution in [0, 0.1) is 0 Å². The molecule has 0 rings (SSSR count). The number of hydrogen-bond donors (Lipinski definition) is 0. The fourth-order valence-corrected chi connectivity index (χ4v) is 0. The van der Waals surface area contributed by atoms with Crippen molar-refractivity contribution in [3.05, 3.63) is 0 Å². The molecule has 0 unspecified atom stereocenters. The van der Waals surface area contributed by atoms with Gasteiger partial charge in [-0.15, -0.1) is 0 Å². The molecule has 0 aliphatic carbocycles. The average Bonchev–Trinajstić information content (AvgIpc) is 0. The molecule has 0 nitrogen and oxygen atoms in total. The maximum Gasteiger partial charge on any atom is 0 e. The van der Waals surface area contributed by atoms with Crippen LogP contribution in [-0.4, -0.2) is 59.4 Å². The molecule has 0 amide bonds. The minimum Gasteiger partial charge on any atom is 0 e. The maximum atomic E-state index is 0. The minimum atomic E-state index is 0. The zero-order chi connectivity index (χ0) is 0. The fraction of sp³-hybridized carbons (Fsp3) is 0.